The molecule has 1 aliphatic heterocycles. The van der Waals surface area contributed by atoms with Gasteiger partial charge in [-0.1, -0.05) is 16.8 Å². The van der Waals surface area contributed by atoms with E-state index in [2.05, 4.69) is 27.0 Å². The van der Waals surface area contributed by atoms with E-state index in [9.17, 15) is 4.39 Å². The molecule has 4 rings (SSSR count). The highest BCUT2D eigenvalue weighted by atomic mass is 35.5. The molecule has 0 radical (unpaired) electrons. The number of hydrogen-bond acceptors (Lipinski definition) is 5. The van der Waals surface area contributed by atoms with Gasteiger partial charge in [0.05, 0.1) is 15.9 Å². The highest BCUT2D eigenvalue weighted by Gasteiger charge is 2.21. The lowest BCUT2D eigenvalue weighted by molar-refractivity contribution is 0.312. The number of piperazine rings is 1. The smallest absolute Gasteiger partial charge is 0.159 e. The van der Waals surface area contributed by atoms with E-state index < -0.39 is 5.82 Å². The van der Waals surface area contributed by atoms with Gasteiger partial charge < -0.3 is 14.3 Å². The standard InChI is InChI=1S/C15H14ClFN4O/c1-20-2-4-21(5-3-20)15-14-10(8-22-19-14)9-6-11(16)12(17)7-13(9)18-15/h6-8H,2-5H2,1H3. The number of pyridine rings is 1. The summed E-state index contributed by atoms with van der Waals surface area (Å²) in [6, 6.07) is 2.94. The lowest BCUT2D eigenvalue weighted by Crippen LogP contribution is -2.44. The number of halogens is 2. The van der Waals surface area contributed by atoms with E-state index in [0.29, 0.717) is 11.0 Å². The van der Waals surface area contributed by atoms with Gasteiger partial charge in [-0.2, -0.15) is 0 Å². The first-order valence-corrected chi connectivity index (χ1v) is 7.47. The number of anilines is 1. The molecule has 1 saturated heterocycles. The van der Waals surface area contributed by atoms with E-state index in [1.165, 1.54) is 6.07 Å². The summed E-state index contributed by atoms with van der Waals surface area (Å²) in [7, 11) is 2.09. The Morgan fingerprint density at radius 2 is 1.95 bits per heavy atom. The summed E-state index contributed by atoms with van der Waals surface area (Å²) < 4.78 is 18.9. The van der Waals surface area contributed by atoms with Crippen LogP contribution in [0.4, 0.5) is 10.2 Å². The molecule has 7 heteroatoms. The third kappa shape index (κ3) is 2.10. The molecule has 3 aromatic rings. The molecule has 1 aliphatic rings. The first-order valence-electron chi connectivity index (χ1n) is 7.10. The molecule has 0 aliphatic carbocycles. The maximum absolute atomic E-state index is 13.8. The summed E-state index contributed by atoms with van der Waals surface area (Å²) in [5.74, 6) is 0.271. The maximum atomic E-state index is 13.8. The predicted molar refractivity (Wildman–Crippen MR) is 84.0 cm³/mol. The predicted octanol–water partition coefficient (Wildman–Crippen LogP) is 2.92. The van der Waals surface area contributed by atoms with Crippen LogP contribution < -0.4 is 4.90 Å². The van der Waals surface area contributed by atoms with Crippen molar-refractivity contribution in [3.05, 3.63) is 29.2 Å². The average molecular weight is 321 g/mol. The fourth-order valence-electron chi connectivity index (χ4n) is 2.84. The number of rotatable bonds is 1. The lowest BCUT2D eigenvalue weighted by Gasteiger charge is -2.33. The molecule has 0 amide bonds. The van der Waals surface area contributed by atoms with Crippen LogP contribution in [0.2, 0.25) is 5.02 Å². The van der Waals surface area contributed by atoms with Crippen LogP contribution in [0.3, 0.4) is 0 Å². The minimum absolute atomic E-state index is 0.0733. The first-order chi connectivity index (χ1) is 10.6. The molecule has 1 aromatic carbocycles. The Hall–Kier alpha value is -1.92. The van der Waals surface area contributed by atoms with Crippen LogP contribution in [0, 0.1) is 5.82 Å². The van der Waals surface area contributed by atoms with Gasteiger partial charge >= 0.3 is 0 Å². The van der Waals surface area contributed by atoms with Crippen molar-refractivity contribution >= 4 is 39.2 Å². The molecule has 0 bridgehead atoms. The van der Waals surface area contributed by atoms with Crippen molar-refractivity contribution in [3.63, 3.8) is 0 Å². The second-order valence-electron chi connectivity index (χ2n) is 5.59. The van der Waals surface area contributed by atoms with Crippen molar-refractivity contribution in [2.45, 2.75) is 0 Å². The summed E-state index contributed by atoms with van der Waals surface area (Å²) in [6.45, 7) is 3.61. The summed E-state index contributed by atoms with van der Waals surface area (Å²) in [5.41, 5.74) is 1.26. The van der Waals surface area contributed by atoms with Crippen molar-refractivity contribution in [1.29, 1.82) is 0 Å². The normalized spacial score (nSPS) is 16.8. The number of fused-ring (bicyclic) bond motifs is 3. The third-order valence-corrected chi connectivity index (χ3v) is 4.43. The van der Waals surface area contributed by atoms with E-state index in [1.807, 2.05) is 0 Å². The van der Waals surface area contributed by atoms with Gasteiger partial charge in [0.25, 0.3) is 0 Å². The summed E-state index contributed by atoms with van der Waals surface area (Å²) in [5, 5.41) is 5.72. The number of hydrogen-bond donors (Lipinski definition) is 0. The molecule has 0 N–H and O–H groups in total. The van der Waals surface area contributed by atoms with Crippen LogP contribution in [-0.4, -0.2) is 48.3 Å². The second kappa shape index (κ2) is 5.07. The van der Waals surface area contributed by atoms with Crippen molar-refractivity contribution < 1.29 is 8.91 Å². The van der Waals surface area contributed by atoms with E-state index in [1.54, 1.807) is 12.3 Å². The maximum Gasteiger partial charge on any atom is 0.159 e. The van der Waals surface area contributed by atoms with Gasteiger partial charge in [0.15, 0.2) is 11.3 Å². The zero-order chi connectivity index (χ0) is 15.3. The molecule has 2 aromatic heterocycles. The van der Waals surface area contributed by atoms with Gasteiger partial charge in [-0.25, -0.2) is 9.37 Å². The van der Waals surface area contributed by atoms with Gasteiger partial charge in [-0.15, -0.1) is 0 Å². The minimum atomic E-state index is -0.471. The van der Waals surface area contributed by atoms with Crippen LogP contribution >= 0.6 is 11.6 Å². The van der Waals surface area contributed by atoms with Gasteiger partial charge in [-0.3, -0.25) is 0 Å². The highest BCUT2D eigenvalue weighted by Crippen LogP contribution is 2.33. The molecule has 0 spiro atoms. The molecular weight excluding hydrogens is 307 g/mol. The highest BCUT2D eigenvalue weighted by molar-refractivity contribution is 6.32. The van der Waals surface area contributed by atoms with Crippen molar-refractivity contribution in [2.24, 2.45) is 0 Å². The van der Waals surface area contributed by atoms with Crippen molar-refractivity contribution in [2.75, 3.05) is 38.1 Å². The molecule has 0 atom stereocenters. The van der Waals surface area contributed by atoms with Crippen LogP contribution in [0.1, 0.15) is 0 Å². The minimum Gasteiger partial charge on any atom is -0.363 e. The molecule has 1 fully saturated rings. The third-order valence-electron chi connectivity index (χ3n) is 4.14. The van der Waals surface area contributed by atoms with Gasteiger partial charge in [0.1, 0.15) is 12.1 Å². The van der Waals surface area contributed by atoms with Gasteiger partial charge in [-0.05, 0) is 13.1 Å². The average Bonchev–Trinajstić information content (AvgIpc) is 2.99. The Morgan fingerprint density at radius 1 is 1.18 bits per heavy atom. The Kier molecular flexibility index (Phi) is 3.16. The monoisotopic (exact) mass is 320 g/mol. The summed E-state index contributed by atoms with van der Waals surface area (Å²) >= 11 is 5.89. The lowest BCUT2D eigenvalue weighted by atomic mass is 10.1. The Morgan fingerprint density at radius 3 is 2.73 bits per heavy atom. The number of likely N-dealkylation sites (N-methyl/N-ethyl adjacent to an activating group) is 1. The quantitative estimate of drug-likeness (QED) is 0.690. The van der Waals surface area contributed by atoms with Gasteiger partial charge in [0.2, 0.25) is 0 Å². The van der Waals surface area contributed by atoms with E-state index in [4.69, 9.17) is 16.1 Å². The summed E-state index contributed by atoms with van der Waals surface area (Å²) in [6.07, 6.45) is 1.56. The van der Waals surface area contributed by atoms with Crippen LogP contribution in [-0.2, 0) is 0 Å². The fraction of sp³-hybridized carbons (Fsp3) is 0.333. The van der Waals surface area contributed by atoms with Crippen LogP contribution in [0.25, 0.3) is 21.8 Å². The zero-order valence-electron chi connectivity index (χ0n) is 12.0. The first kappa shape index (κ1) is 13.7. The molecule has 114 valence electrons. The van der Waals surface area contributed by atoms with E-state index in [0.717, 1.165) is 42.8 Å². The topological polar surface area (TPSA) is 45.4 Å². The molecular formula is C15H14ClFN4O. The molecule has 5 nitrogen and oxygen atoms in total. The number of benzene rings is 1. The molecule has 0 saturated carbocycles. The van der Waals surface area contributed by atoms with E-state index in [-0.39, 0.29) is 5.02 Å². The Balaban J connectivity index is 1.93. The number of aromatic nitrogens is 2. The number of nitrogens with zero attached hydrogens (tertiary/aromatic N) is 4. The van der Waals surface area contributed by atoms with Crippen molar-refractivity contribution in [3.8, 4) is 0 Å². The zero-order valence-corrected chi connectivity index (χ0v) is 12.8. The Bertz CT molecular complexity index is 857. The SMILES string of the molecule is CN1CCN(c2nc3cc(F)c(Cl)cc3c3conc23)CC1. The second-order valence-corrected chi connectivity index (χ2v) is 5.99. The molecule has 0 unspecified atom stereocenters. The van der Waals surface area contributed by atoms with E-state index >= 15 is 0 Å². The van der Waals surface area contributed by atoms with Gasteiger partial charge in [0, 0.05) is 37.6 Å². The largest absolute Gasteiger partial charge is 0.363 e. The summed E-state index contributed by atoms with van der Waals surface area (Å²) in [4.78, 5) is 9.04. The Labute approximate surface area is 131 Å². The van der Waals surface area contributed by atoms with Crippen LogP contribution in [0.5, 0.6) is 0 Å². The van der Waals surface area contributed by atoms with Crippen molar-refractivity contribution in [1.82, 2.24) is 15.0 Å². The fourth-order valence-corrected chi connectivity index (χ4v) is 3.00. The molecule has 3 heterocycles. The van der Waals surface area contributed by atoms with Crippen LogP contribution in [0.15, 0.2) is 22.9 Å². The molecule has 22 heavy (non-hydrogen) atoms.